The predicted octanol–water partition coefficient (Wildman–Crippen LogP) is 5.18. The highest BCUT2D eigenvalue weighted by atomic mass is 16.2. The van der Waals surface area contributed by atoms with Crippen LogP contribution in [0.2, 0.25) is 0 Å². The van der Waals surface area contributed by atoms with Crippen LogP contribution in [0.15, 0.2) is 48.7 Å². The summed E-state index contributed by atoms with van der Waals surface area (Å²) in [7, 11) is 0. The zero-order valence-corrected chi connectivity index (χ0v) is 16.6. The zero-order chi connectivity index (χ0) is 18.9. The Balaban J connectivity index is 1.71. The van der Waals surface area contributed by atoms with Gasteiger partial charge in [0.05, 0.1) is 6.54 Å². The van der Waals surface area contributed by atoms with Gasteiger partial charge in [0, 0.05) is 31.0 Å². The number of carbonyl (C=O) groups excluding carboxylic acids is 1. The SMILES string of the molecule is CCCCNC(=O)N(Cc1cccn1Cc1ccccc1)C1CCCCC1. The summed E-state index contributed by atoms with van der Waals surface area (Å²) in [5.74, 6) is 0. The second kappa shape index (κ2) is 10.2. The van der Waals surface area contributed by atoms with Crippen molar-refractivity contribution in [2.24, 2.45) is 0 Å². The lowest BCUT2D eigenvalue weighted by Gasteiger charge is -2.34. The fourth-order valence-corrected chi connectivity index (χ4v) is 3.93. The lowest BCUT2D eigenvalue weighted by Crippen LogP contribution is -2.47. The maximum absolute atomic E-state index is 12.9. The van der Waals surface area contributed by atoms with Crippen molar-refractivity contribution in [3.8, 4) is 0 Å². The smallest absolute Gasteiger partial charge is 0.318 e. The minimum Gasteiger partial charge on any atom is -0.345 e. The van der Waals surface area contributed by atoms with Crippen LogP contribution >= 0.6 is 0 Å². The molecule has 3 rings (SSSR count). The molecule has 4 nitrogen and oxygen atoms in total. The molecule has 0 spiro atoms. The van der Waals surface area contributed by atoms with Gasteiger partial charge in [-0.15, -0.1) is 0 Å². The number of nitrogens with zero attached hydrogens (tertiary/aromatic N) is 2. The number of nitrogens with one attached hydrogen (secondary N) is 1. The van der Waals surface area contributed by atoms with Crippen LogP contribution in [-0.2, 0) is 13.1 Å². The van der Waals surface area contributed by atoms with Crippen LogP contribution in [-0.4, -0.2) is 28.1 Å². The second-order valence-electron chi connectivity index (χ2n) is 7.62. The number of rotatable bonds is 8. The molecule has 0 bridgehead atoms. The number of carbonyl (C=O) groups is 1. The Morgan fingerprint density at radius 1 is 1.11 bits per heavy atom. The molecule has 0 saturated heterocycles. The Bertz CT molecular complexity index is 689. The molecule has 1 aromatic carbocycles. The molecule has 1 aliphatic carbocycles. The van der Waals surface area contributed by atoms with Gasteiger partial charge in [-0.1, -0.05) is 62.9 Å². The number of urea groups is 1. The molecule has 1 fully saturated rings. The van der Waals surface area contributed by atoms with E-state index in [0.717, 1.165) is 38.8 Å². The third-order valence-corrected chi connectivity index (χ3v) is 5.53. The quantitative estimate of drug-likeness (QED) is 0.641. The average molecular weight is 368 g/mol. The first kappa shape index (κ1) is 19.5. The minimum atomic E-state index is 0.0998. The summed E-state index contributed by atoms with van der Waals surface area (Å²) in [6.45, 7) is 4.45. The van der Waals surface area contributed by atoms with Crippen LogP contribution in [0.25, 0.3) is 0 Å². The number of hydrogen-bond donors (Lipinski definition) is 1. The van der Waals surface area contributed by atoms with Crippen molar-refractivity contribution in [2.75, 3.05) is 6.54 Å². The van der Waals surface area contributed by atoms with Gasteiger partial charge >= 0.3 is 6.03 Å². The van der Waals surface area contributed by atoms with Crippen molar-refractivity contribution in [2.45, 2.75) is 71.0 Å². The highest BCUT2D eigenvalue weighted by Gasteiger charge is 2.26. The highest BCUT2D eigenvalue weighted by Crippen LogP contribution is 2.24. The number of aromatic nitrogens is 1. The molecule has 1 aliphatic rings. The summed E-state index contributed by atoms with van der Waals surface area (Å²) in [5.41, 5.74) is 2.49. The van der Waals surface area contributed by atoms with Gasteiger partial charge in [0.2, 0.25) is 0 Å². The topological polar surface area (TPSA) is 37.3 Å². The number of amides is 2. The maximum atomic E-state index is 12.9. The van der Waals surface area contributed by atoms with Gasteiger partial charge in [0.25, 0.3) is 0 Å². The summed E-state index contributed by atoms with van der Waals surface area (Å²) >= 11 is 0. The van der Waals surface area contributed by atoms with Crippen molar-refractivity contribution in [3.05, 3.63) is 59.9 Å². The van der Waals surface area contributed by atoms with Gasteiger partial charge in [-0.2, -0.15) is 0 Å². The van der Waals surface area contributed by atoms with E-state index in [4.69, 9.17) is 0 Å². The van der Waals surface area contributed by atoms with Crippen molar-refractivity contribution in [3.63, 3.8) is 0 Å². The molecule has 0 aliphatic heterocycles. The Labute approximate surface area is 163 Å². The van der Waals surface area contributed by atoms with E-state index in [0.29, 0.717) is 12.6 Å². The van der Waals surface area contributed by atoms with Crippen molar-refractivity contribution in [1.82, 2.24) is 14.8 Å². The van der Waals surface area contributed by atoms with Crippen LogP contribution in [0.3, 0.4) is 0 Å². The van der Waals surface area contributed by atoms with Gasteiger partial charge in [-0.3, -0.25) is 0 Å². The maximum Gasteiger partial charge on any atom is 0.318 e. The summed E-state index contributed by atoms with van der Waals surface area (Å²) < 4.78 is 2.27. The van der Waals surface area contributed by atoms with E-state index in [1.165, 1.54) is 30.5 Å². The van der Waals surface area contributed by atoms with Gasteiger partial charge in [0.15, 0.2) is 0 Å². The molecular formula is C23H33N3O. The highest BCUT2D eigenvalue weighted by molar-refractivity contribution is 5.74. The fraction of sp³-hybridized carbons (Fsp3) is 0.522. The molecule has 0 unspecified atom stereocenters. The minimum absolute atomic E-state index is 0.0998. The first-order chi connectivity index (χ1) is 13.3. The van der Waals surface area contributed by atoms with Gasteiger partial charge < -0.3 is 14.8 Å². The summed E-state index contributed by atoms with van der Waals surface area (Å²) in [4.78, 5) is 15.0. The molecule has 27 heavy (non-hydrogen) atoms. The van der Waals surface area contributed by atoms with Crippen molar-refractivity contribution >= 4 is 6.03 Å². The van der Waals surface area contributed by atoms with Gasteiger partial charge in [-0.25, -0.2) is 4.79 Å². The van der Waals surface area contributed by atoms with Crippen LogP contribution in [0.5, 0.6) is 0 Å². The molecular weight excluding hydrogens is 334 g/mol. The molecule has 0 atom stereocenters. The average Bonchev–Trinajstić information content (AvgIpc) is 3.14. The fourth-order valence-electron chi connectivity index (χ4n) is 3.93. The third kappa shape index (κ3) is 5.62. The van der Waals surface area contributed by atoms with Gasteiger partial charge in [-0.05, 0) is 37.0 Å². The van der Waals surface area contributed by atoms with Gasteiger partial charge in [0.1, 0.15) is 0 Å². The van der Waals surface area contributed by atoms with Crippen LogP contribution in [0.1, 0.15) is 63.1 Å². The van der Waals surface area contributed by atoms with Crippen molar-refractivity contribution < 1.29 is 4.79 Å². The largest absolute Gasteiger partial charge is 0.345 e. The molecule has 2 amide bonds. The van der Waals surface area contributed by atoms with E-state index in [9.17, 15) is 4.79 Å². The van der Waals surface area contributed by atoms with Crippen molar-refractivity contribution in [1.29, 1.82) is 0 Å². The molecule has 2 aromatic rings. The van der Waals surface area contributed by atoms with E-state index in [1.54, 1.807) is 0 Å². The summed E-state index contributed by atoms with van der Waals surface area (Å²) in [6.07, 6.45) is 10.3. The number of benzene rings is 1. The lowest BCUT2D eigenvalue weighted by atomic mass is 9.94. The Morgan fingerprint density at radius 3 is 2.63 bits per heavy atom. The van der Waals surface area contributed by atoms with Crippen LogP contribution < -0.4 is 5.32 Å². The second-order valence-corrected chi connectivity index (χ2v) is 7.62. The van der Waals surface area contributed by atoms with E-state index in [-0.39, 0.29) is 6.03 Å². The predicted molar refractivity (Wildman–Crippen MR) is 111 cm³/mol. The Kier molecular flexibility index (Phi) is 7.37. The monoisotopic (exact) mass is 367 g/mol. The zero-order valence-electron chi connectivity index (χ0n) is 16.6. The third-order valence-electron chi connectivity index (χ3n) is 5.53. The first-order valence-electron chi connectivity index (χ1n) is 10.5. The Hall–Kier alpha value is -2.23. The van der Waals surface area contributed by atoms with E-state index in [1.807, 2.05) is 6.07 Å². The summed E-state index contributed by atoms with van der Waals surface area (Å²) in [6, 6.07) is 15.2. The number of unbranched alkanes of at least 4 members (excludes halogenated alkanes) is 1. The standard InChI is InChI=1S/C23H33N3O/c1-2-3-16-24-23(27)26(21-13-8-5-9-14-21)19-22-15-10-17-25(22)18-20-11-6-4-7-12-20/h4,6-7,10-12,15,17,21H,2-3,5,8-9,13-14,16,18-19H2,1H3,(H,24,27). The number of hydrogen-bond acceptors (Lipinski definition) is 1. The molecule has 0 radical (unpaired) electrons. The van der Waals surface area contributed by atoms with Crippen LogP contribution in [0.4, 0.5) is 4.79 Å². The first-order valence-corrected chi connectivity index (χ1v) is 10.5. The summed E-state index contributed by atoms with van der Waals surface area (Å²) in [5, 5.41) is 3.14. The normalized spacial score (nSPS) is 14.9. The van der Waals surface area contributed by atoms with E-state index >= 15 is 0 Å². The van der Waals surface area contributed by atoms with E-state index in [2.05, 4.69) is 64.3 Å². The van der Waals surface area contributed by atoms with E-state index < -0.39 is 0 Å². The molecule has 1 N–H and O–H groups in total. The Morgan fingerprint density at radius 2 is 1.89 bits per heavy atom. The molecule has 1 aromatic heterocycles. The van der Waals surface area contributed by atoms with Crippen LogP contribution in [0, 0.1) is 0 Å². The molecule has 4 heteroatoms. The molecule has 1 heterocycles. The lowest BCUT2D eigenvalue weighted by molar-refractivity contribution is 0.149. The molecule has 146 valence electrons. The molecule has 1 saturated carbocycles.